The maximum Gasteiger partial charge on any atom is 0.258 e. The summed E-state index contributed by atoms with van der Waals surface area (Å²) < 4.78 is 6.23. The molecule has 1 heterocycles. The zero-order valence-corrected chi connectivity index (χ0v) is 11.8. The molecule has 0 unspecified atom stereocenters. The van der Waals surface area contributed by atoms with E-state index in [1.807, 2.05) is 0 Å². The molecule has 1 aromatic heterocycles. The summed E-state index contributed by atoms with van der Waals surface area (Å²) in [6, 6.07) is 2.12. The molecule has 0 aromatic carbocycles. The fourth-order valence-electron chi connectivity index (χ4n) is 2.14. The second-order valence-electron chi connectivity index (χ2n) is 4.53. The van der Waals surface area contributed by atoms with Gasteiger partial charge >= 0.3 is 0 Å². The average molecular weight is 313 g/mol. The number of nitrogens with one attached hydrogen (secondary N) is 1. The lowest BCUT2D eigenvalue weighted by Gasteiger charge is -2.22. The molecular weight excluding hydrogens is 296 g/mol. The number of amides is 1. The van der Waals surface area contributed by atoms with Gasteiger partial charge in [0, 0.05) is 16.7 Å². The van der Waals surface area contributed by atoms with E-state index in [1.165, 1.54) is 19.3 Å². The summed E-state index contributed by atoms with van der Waals surface area (Å²) in [5.41, 5.74) is 0. The minimum absolute atomic E-state index is 0.0502. The molecule has 98 valence electrons. The van der Waals surface area contributed by atoms with Crippen molar-refractivity contribution in [2.45, 2.75) is 38.1 Å². The monoisotopic (exact) mass is 312 g/mol. The van der Waals surface area contributed by atoms with Crippen LogP contribution in [-0.2, 0) is 4.79 Å². The van der Waals surface area contributed by atoms with Gasteiger partial charge in [-0.1, -0.05) is 19.3 Å². The zero-order valence-electron chi connectivity index (χ0n) is 10.2. The highest BCUT2D eigenvalue weighted by atomic mass is 79.9. The van der Waals surface area contributed by atoms with E-state index < -0.39 is 0 Å². The first-order valence-corrected chi connectivity index (χ1v) is 7.06. The Balaban J connectivity index is 1.74. The van der Waals surface area contributed by atoms with Crippen LogP contribution in [0.4, 0.5) is 0 Å². The van der Waals surface area contributed by atoms with Crippen molar-refractivity contribution in [1.29, 1.82) is 0 Å². The summed E-state index contributed by atoms with van der Waals surface area (Å²) in [5, 5.41) is 3.01. The molecule has 1 N–H and O–H groups in total. The quantitative estimate of drug-likeness (QED) is 0.930. The van der Waals surface area contributed by atoms with E-state index in [2.05, 4.69) is 26.2 Å². The number of pyridine rings is 1. The topological polar surface area (TPSA) is 51.2 Å². The van der Waals surface area contributed by atoms with Crippen molar-refractivity contribution in [3.63, 3.8) is 0 Å². The summed E-state index contributed by atoms with van der Waals surface area (Å²) in [6.07, 6.45) is 9.15. The molecule has 18 heavy (non-hydrogen) atoms. The van der Waals surface area contributed by atoms with Crippen LogP contribution in [0.3, 0.4) is 0 Å². The first-order chi connectivity index (χ1) is 8.74. The summed E-state index contributed by atoms with van der Waals surface area (Å²) in [5.74, 6) is 0.546. The van der Waals surface area contributed by atoms with Crippen LogP contribution in [0, 0.1) is 0 Å². The third-order valence-electron chi connectivity index (χ3n) is 3.02. The van der Waals surface area contributed by atoms with Crippen LogP contribution in [0.15, 0.2) is 22.9 Å². The molecule has 1 aliphatic rings. The molecule has 0 spiro atoms. The van der Waals surface area contributed by atoms with E-state index in [-0.39, 0.29) is 12.5 Å². The molecule has 1 aromatic rings. The minimum Gasteiger partial charge on any atom is -0.482 e. The van der Waals surface area contributed by atoms with Gasteiger partial charge in [0.05, 0.1) is 6.20 Å². The lowest BCUT2D eigenvalue weighted by molar-refractivity contribution is -0.124. The van der Waals surface area contributed by atoms with Crippen molar-refractivity contribution in [2.24, 2.45) is 0 Å². The Hall–Kier alpha value is -1.10. The third kappa shape index (κ3) is 4.29. The van der Waals surface area contributed by atoms with Crippen LogP contribution in [0.25, 0.3) is 0 Å². The van der Waals surface area contributed by atoms with Crippen molar-refractivity contribution < 1.29 is 9.53 Å². The van der Waals surface area contributed by atoms with Crippen molar-refractivity contribution >= 4 is 21.8 Å². The molecule has 1 amide bonds. The number of hydrogen-bond donors (Lipinski definition) is 1. The predicted molar refractivity (Wildman–Crippen MR) is 72.4 cm³/mol. The Bertz CT molecular complexity index is 406. The normalized spacial score (nSPS) is 16.3. The van der Waals surface area contributed by atoms with Gasteiger partial charge in [0.2, 0.25) is 0 Å². The van der Waals surface area contributed by atoms with Gasteiger partial charge in [0.1, 0.15) is 5.75 Å². The predicted octanol–water partition coefficient (Wildman–Crippen LogP) is 2.67. The van der Waals surface area contributed by atoms with Crippen molar-refractivity contribution in [3.05, 3.63) is 22.9 Å². The summed E-state index contributed by atoms with van der Waals surface area (Å²) in [4.78, 5) is 15.7. The molecule has 0 atom stereocenters. The highest BCUT2D eigenvalue weighted by Gasteiger charge is 2.15. The molecule has 0 bridgehead atoms. The van der Waals surface area contributed by atoms with Gasteiger partial charge in [-0.25, -0.2) is 0 Å². The van der Waals surface area contributed by atoms with Crippen LogP contribution in [0.1, 0.15) is 32.1 Å². The molecule has 1 fully saturated rings. The molecule has 0 radical (unpaired) electrons. The lowest BCUT2D eigenvalue weighted by atomic mass is 9.95. The van der Waals surface area contributed by atoms with Gasteiger partial charge in [0.15, 0.2) is 6.61 Å². The lowest BCUT2D eigenvalue weighted by Crippen LogP contribution is -2.38. The Morgan fingerprint density at radius 1 is 1.39 bits per heavy atom. The number of aromatic nitrogens is 1. The van der Waals surface area contributed by atoms with Gasteiger partial charge in [0.25, 0.3) is 5.91 Å². The van der Waals surface area contributed by atoms with Crippen LogP contribution >= 0.6 is 15.9 Å². The van der Waals surface area contributed by atoms with E-state index in [0.717, 1.165) is 17.3 Å². The van der Waals surface area contributed by atoms with Gasteiger partial charge in [-0.15, -0.1) is 0 Å². The second-order valence-corrected chi connectivity index (χ2v) is 5.45. The Morgan fingerprint density at radius 2 is 2.17 bits per heavy atom. The standard InChI is InChI=1S/C13H17BrN2O2/c14-10-6-12(8-15-7-10)18-9-13(17)16-11-4-2-1-3-5-11/h6-8,11H,1-5,9H2,(H,16,17). The number of ether oxygens (including phenoxy) is 1. The van der Waals surface area contributed by atoms with Crippen LogP contribution in [0.2, 0.25) is 0 Å². The SMILES string of the molecule is O=C(COc1cncc(Br)c1)NC1CCCCC1. The maximum atomic E-state index is 11.7. The molecule has 5 heteroatoms. The van der Waals surface area contributed by atoms with Crippen LogP contribution < -0.4 is 10.1 Å². The van der Waals surface area contributed by atoms with Crippen LogP contribution in [0.5, 0.6) is 5.75 Å². The summed E-state index contributed by atoms with van der Waals surface area (Å²) in [7, 11) is 0. The smallest absolute Gasteiger partial charge is 0.258 e. The molecule has 4 nitrogen and oxygen atoms in total. The van der Waals surface area contributed by atoms with E-state index in [9.17, 15) is 4.79 Å². The molecule has 1 saturated carbocycles. The second kappa shape index (κ2) is 6.73. The average Bonchev–Trinajstić information content (AvgIpc) is 2.38. The Labute approximate surface area is 115 Å². The molecular formula is C13H17BrN2O2. The molecule has 2 rings (SSSR count). The number of carbonyl (C=O) groups is 1. The van der Waals surface area contributed by atoms with Gasteiger partial charge < -0.3 is 10.1 Å². The highest BCUT2D eigenvalue weighted by Crippen LogP contribution is 2.18. The minimum atomic E-state index is -0.0538. The number of hydrogen-bond acceptors (Lipinski definition) is 3. The van der Waals surface area contributed by atoms with Crippen molar-refractivity contribution in [3.8, 4) is 5.75 Å². The molecule has 0 aliphatic heterocycles. The summed E-state index contributed by atoms with van der Waals surface area (Å²) >= 11 is 3.31. The van der Waals surface area contributed by atoms with E-state index in [4.69, 9.17) is 4.74 Å². The van der Waals surface area contributed by atoms with Crippen LogP contribution in [-0.4, -0.2) is 23.5 Å². The fraction of sp³-hybridized carbons (Fsp3) is 0.538. The van der Waals surface area contributed by atoms with Crippen molar-refractivity contribution in [1.82, 2.24) is 10.3 Å². The Morgan fingerprint density at radius 3 is 2.89 bits per heavy atom. The number of nitrogens with zero attached hydrogens (tertiary/aromatic N) is 1. The fourth-order valence-corrected chi connectivity index (χ4v) is 2.48. The van der Waals surface area contributed by atoms with Gasteiger partial charge in [-0.2, -0.15) is 0 Å². The van der Waals surface area contributed by atoms with E-state index >= 15 is 0 Å². The largest absolute Gasteiger partial charge is 0.482 e. The third-order valence-corrected chi connectivity index (χ3v) is 3.45. The highest BCUT2D eigenvalue weighted by molar-refractivity contribution is 9.10. The van der Waals surface area contributed by atoms with E-state index in [0.29, 0.717) is 11.8 Å². The zero-order chi connectivity index (χ0) is 12.8. The van der Waals surface area contributed by atoms with Crippen molar-refractivity contribution in [2.75, 3.05) is 6.61 Å². The Kier molecular flexibility index (Phi) is 4.99. The number of rotatable bonds is 4. The summed E-state index contributed by atoms with van der Waals surface area (Å²) in [6.45, 7) is 0.0502. The van der Waals surface area contributed by atoms with E-state index in [1.54, 1.807) is 18.5 Å². The number of halogens is 1. The molecule has 0 saturated heterocycles. The molecule has 1 aliphatic carbocycles. The van der Waals surface area contributed by atoms with Gasteiger partial charge in [-0.3, -0.25) is 9.78 Å². The maximum absolute atomic E-state index is 11.7. The number of carbonyl (C=O) groups excluding carboxylic acids is 1. The van der Waals surface area contributed by atoms with Gasteiger partial charge in [-0.05, 0) is 34.8 Å². The first-order valence-electron chi connectivity index (χ1n) is 6.27. The first kappa shape index (κ1) is 13.3.